The fourth-order valence-electron chi connectivity index (χ4n) is 1.63. The molecule has 0 radical (unpaired) electrons. The minimum Gasteiger partial charge on any atom is -0.494 e. The zero-order valence-electron chi connectivity index (χ0n) is 11.3. The normalized spacial score (nSPS) is 10.9. The van der Waals surface area contributed by atoms with E-state index in [4.69, 9.17) is 14.7 Å². The molecule has 1 rings (SSSR count). The van der Waals surface area contributed by atoms with Gasteiger partial charge < -0.3 is 9.47 Å². The average molecular weight is 319 g/mol. The third-order valence-electron chi connectivity index (χ3n) is 2.32. The van der Waals surface area contributed by atoms with E-state index in [1.807, 2.05) is 0 Å². The maximum Gasteiger partial charge on any atom is 0.446 e. The number of carbonyl (C=O) groups is 1. The molecule has 0 saturated carbocycles. The number of rotatable bonds is 5. The van der Waals surface area contributed by atoms with E-state index in [2.05, 4.69) is 0 Å². The molecule has 0 fully saturated rings. The Bertz CT molecular complexity index is 567. The molecule has 0 heterocycles. The standard InChI is InChI=1S/C13H12F3NO3S/c1-3-20-11(18)6-8-4-9(7-17)12(19-2)10(5-8)21-13(14,15)16/h4-5H,3,6H2,1-2H3. The van der Waals surface area contributed by atoms with E-state index < -0.39 is 23.2 Å². The van der Waals surface area contributed by atoms with Gasteiger partial charge in [-0.1, -0.05) is 0 Å². The second-order valence-corrected chi connectivity index (χ2v) is 4.92. The van der Waals surface area contributed by atoms with Crippen LogP contribution in [0.5, 0.6) is 5.75 Å². The molecule has 0 aromatic heterocycles. The average Bonchev–Trinajstić information content (AvgIpc) is 2.36. The summed E-state index contributed by atoms with van der Waals surface area (Å²) < 4.78 is 47.2. The van der Waals surface area contributed by atoms with Gasteiger partial charge >= 0.3 is 11.5 Å². The van der Waals surface area contributed by atoms with E-state index in [1.165, 1.54) is 19.2 Å². The fraction of sp³-hybridized carbons (Fsp3) is 0.385. The van der Waals surface area contributed by atoms with Crippen molar-refractivity contribution in [3.05, 3.63) is 23.3 Å². The van der Waals surface area contributed by atoms with Crippen LogP contribution in [0, 0.1) is 11.3 Å². The van der Waals surface area contributed by atoms with Crippen LogP contribution in [0.2, 0.25) is 0 Å². The number of esters is 1. The molecule has 4 nitrogen and oxygen atoms in total. The van der Waals surface area contributed by atoms with Gasteiger partial charge in [-0.05, 0) is 36.4 Å². The Balaban J connectivity index is 3.21. The molecule has 1 aromatic carbocycles. The highest BCUT2D eigenvalue weighted by atomic mass is 32.2. The quantitative estimate of drug-likeness (QED) is 0.616. The Morgan fingerprint density at radius 1 is 1.43 bits per heavy atom. The van der Waals surface area contributed by atoms with Crippen LogP contribution in [-0.2, 0) is 16.0 Å². The van der Waals surface area contributed by atoms with Crippen LogP contribution >= 0.6 is 11.8 Å². The van der Waals surface area contributed by atoms with E-state index in [9.17, 15) is 18.0 Å². The number of methoxy groups -OCH3 is 1. The molecular formula is C13H12F3NO3S. The molecule has 0 unspecified atom stereocenters. The van der Waals surface area contributed by atoms with Crippen molar-refractivity contribution in [1.29, 1.82) is 5.26 Å². The summed E-state index contributed by atoms with van der Waals surface area (Å²) in [6.07, 6.45) is -0.210. The van der Waals surface area contributed by atoms with E-state index in [-0.39, 0.29) is 34.8 Å². The molecule has 0 saturated heterocycles. The Labute approximate surface area is 123 Å². The van der Waals surface area contributed by atoms with Crippen molar-refractivity contribution in [2.75, 3.05) is 13.7 Å². The predicted molar refractivity (Wildman–Crippen MR) is 70.0 cm³/mol. The Morgan fingerprint density at radius 2 is 2.10 bits per heavy atom. The summed E-state index contributed by atoms with van der Waals surface area (Å²) in [5.74, 6) is -0.734. The molecule has 0 bridgehead atoms. The summed E-state index contributed by atoms with van der Waals surface area (Å²) in [6.45, 7) is 1.79. The second-order valence-electron chi connectivity index (χ2n) is 3.82. The number of ether oxygens (including phenoxy) is 2. The van der Waals surface area contributed by atoms with Gasteiger partial charge in [-0.2, -0.15) is 18.4 Å². The van der Waals surface area contributed by atoms with Gasteiger partial charge in [0.15, 0.2) is 0 Å². The van der Waals surface area contributed by atoms with Gasteiger partial charge in [0.1, 0.15) is 11.8 Å². The number of carbonyl (C=O) groups excluding carboxylic acids is 1. The monoisotopic (exact) mass is 319 g/mol. The molecule has 0 aliphatic rings. The second kappa shape index (κ2) is 7.22. The summed E-state index contributed by atoms with van der Waals surface area (Å²) >= 11 is -0.392. The minimum absolute atomic E-state index is 0.0638. The lowest BCUT2D eigenvalue weighted by molar-refractivity contribution is -0.142. The number of hydrogen-bond donors (Lipinski definition) is 0. The van der Waals surface area contributed by atoms with E-state index in [1.54, 1.807) is 13.0 Å². The van der Waals surface area contributed by atoms with Gasteiger partial charge in [0, 0.05) is 0 Å². The molecule has 114 valence electrons. The van der Waals surface area contributed by atoms with Gasteiger partial charge in [0.25, 0.3) is 0 Å². The van der Waals surface area contributed by atoms with Crippen molar-refractivity contribution in [3.63, 3.8) is 0 Å². The fourth-order valence-corrected chi connectivity index (χ4v) is 2.38. The Hall–Kier alpha value is -1.88. The molecule has 0 spiro atoms. The molecule has 0 atom stereocenters. The Morgan fingerprint density at radius 3 is 2.57 bits per heavy atom. The molecule has 0 aliphatic heterocycles. The largest absolute Gasteiger partial charge is 0.494 e. The van der Waals surface area contributed by atoms with Crippen LogP contribution in [0.25, 0.3) is 0 Å². The minimum atomic E-state index is -4.53. The zero-order valence-corrected chi connectivity index (χ0v) is 12.1. The topological polar surface area (TPSA) is 59.3 Å². The van der Waals surface area contributed by atoms with Crippen LogP contribution in [0.3, 0.4) is 0 Å². The van der Waals surface area contributed by atoms with Crippen molar-refractivity contribution < 1.29 is 27.4 Å². The van der Waals surface area contributed by atoms with Gasteiger partial charge in [-0.3, -0.25) is 4.79 Å². The molecule has 8 heteroatoms. The van der Waals surface area contributed by atoms with Crippen molar-refractivity contribution in [1.82, 2.24) is 0 Å². The van der Waals surface area contributed by atoms with Crippen LogP contribution < -0.4 is 4.74 Å². The number of nitrogens with zero attached hydrogens (tertiary/aromatic N) is 1. The van der Waals surface area contributed by atoms with Gasteiger partial charge in [-0.25, -0.2) is 0 Å². The van der Waals surface area contributed by atoms with Crippen LogP contribution in [0.1, 0.15) is 18.1 Å². The third kappa shape index (κ3) is 5.19. The first kappa shape index (κ1) is 17.2. The summed E-state index contributed by atoms with van der Waals surface area (Å²) in [6, 6.07) is 4.25. The maximum atomic E-state index is 12.5. The van der Waals surface area contributed by atoms with Crippen LogP contribution in [0.4, 0.5) is 13.2 Å². The SMILES string of the molecule is CCOC(=O)Cc1cc(C#N)c(OC)c(SC(F)(F)F)c1. The predicted octanol–water partition coefficient (Wildman–Crippen LogP) is 3.28. The molecule has 0 N–H and O–H groups in total. The maximum absolute atomic E-state index is 12.5. The first-order chi connectivity index (χ1) is 9.80. The highest BCUT2D eigenvalue weighted by molar-refractivity contribution is 8.00. The van der Waals surface area contributed by atoms with Gasteiger partial charge in [-0.15, -0.1) is 0 Å². The van der Waals surface area contributed by atoms with E-state index in [0.717, 1.165) is 0 Å². The van der Waals surface area contributed by atoms with Crippen LogP contribution in [-0.4, -0.2) is 25.2 Å². The number of alkyl halides is 3. The van der Waals surface area contributed by atoms with E-state index >= 15 is 0 Å². The number of nitriles is 1. The lowest BCUT2D eigenvalue weighted by Crippen LogP contribution is -2.08. The molecule has 21 heavy (non-hydrogen) atoms. The number of benzene rings is 1. The zero-order chi connectivity index (χ0) is 16.0. The molecule has 1 aromatic rings. The van der Waals surface area contributed by atoms with Gasteiger partial charge in [0.2, 0.25) is 0 Å². The molecule has 0 aliphatic carbocycles. The van der Waals surface area contributed by atoms with E-state index in [0.29, 0.717) is 0 Å². The van der Waals surface area contributed by atoms with Crippen molar-refractivity contribution >= 4 is 17.7 Å². The molecular weight excluding hydrogens is 307 g/mol. The number of thioether (sulfide) groups is 1. The highest BCUT2D eigenvalue weighted by Crippen LogP contribution is 2.43. The lowest BCUT2D eigenvalue weighted by atomic mass is 10.1. The summed E-state index contributed by atoms with van der Waals surface area (Å²) in [7, 11) is 1.18. The summed E-state index contributed by atoms with van der Waals surface area (Å²) in [5.41, 5.74) is -4.33. The third-order valence-corrected chi connectivity index (χ3v) is 3.07. The smallest absolute Gasteiger partial charge is 0.446 e. The first-order valence-corrected chi connectivity index (χ1v) is 6.64. The van der Waals surface area contributed by atoms with Gasteiger partial charge in [0.05, 0.1) is 30.6 Å². The molecule has 0 amide bonds. The lowest BCUT2D eigenvalue weighted by Gasteiger charge is -2.13. The summed E-state index contributed by atoms with van der Waals surface area (Å²) in [5, 5.41) is 9.00. The first-order valence-electron chi connectivity index (χ1n) is 5.83. The number of halogens is 3. The highest BCUT2D eigenvalue weighted by Gasteiger charge is 2.32. The summed E-state index contributed by atoms with van der Waals surface area (Å²) in [4.78, 5) is 11.1. The Kier molecular flexibility index (Phi) is 5.90. The van der Waals surface area contributed by atoms with Crippen molar-refractivity contribution in [2.24, 2.45) is 0 Å². The van der Waals surface area contributed by atoms with Crippen LogP contribution in [0.15, 0.2) is 17.0 Å². The van der Waals surface area contributed by atoms with Crippen molar-refractivity contribution in [3.8, 4) is 11.8 Å². The number of hydrogen-bond acceptors (Lipinski definition) is 5. The van der Waals surface area contributed by atoms with Crippen molar-refractivity contribution in [2.45, 2.75) is 23.7 Å².